The maximum absolute atomic E-state index is 9.39. The molecule has 6 nitrogen and oxygen atoms in total. The quantitative estimate of drug-likeness (QED) is 0.781. The highest BCUT2D eigenvalue weighted by Gasteiger charge is 2.15. The largest absolute Gasteiger partial charge is 0.492 e. The Labute approximate surface area is 117 Å². The molecule has 0 aliphatic carbocycles. The minimum Gasteiger partial charge on any atom is -0.492 e. The number of benzene rings is 1. The summed E-state index contributed by atoms with van der Waals surface area (Å²) in [7, 11) is 0. The smallest absolute Gasteiger partial charge is 0.316 e. The first kappa shape index (κ1) is 12.9. The Balaban J connectivity index is 1.83. The highest BCUT2D eigenvalue weighted by atomic mass is 16.5. The number of nitrogens with zero attached hydrogens (tertiary/aromatic N) is 2. The van der Waals surface area contributed by atoms with Gasteiger partial charge < -0.3 is 20.9 Å². The van der Waals surface area contributed by atoms with Crippen molar-refractivity contribution in [2.24, 2.45) is 5.92 Å². The van der Waals surface area contributed by atoms with Crippen molar-refractivity contribution in [2.45, 2.75) is 12.8 Å². The Morgan fingerprint density at radius 3 is 2.90 bits per heavy atom. The van der Waals surface area contributed by atoms with Crippen LogP contribution in [0.1, 0.15) is 12.8 Å². The van der Waals surface area contributed by atoms with Gasteiger partial charge in [0.05, 0.1) is 17.5 Å². The number of nitrogens with one attached hydrogen (secondary N) is 1. The number of ether oxygens (including phenoxy) is 1. The molecule has 2 heterocycles. The number of rotatable bonds is 3. The number of fused-ring (bicyclic) bond motifs is 1. The first-order valence-corrected chi connectivity index (χ1v) is 6.83. The number of piperidine rings is 1. The van der Waals surface area contributed by atoms with Crippen LogP contribution < -0.4 is 15.8 Å². The molecule has 0 amide bonds. The Bertz CT molecular complexity index is 611. The van der Waals surface area contributed by atoms with E-state index in [-0.39, 0.29) is 11.8 Å². The van der Waals surface area contributed by atoms with E-state index in [1.54, 1.807) is 6.07 Å². The normalized spacial score (nSPS) is 16.4. The third kappa shape index (κ3) is 2.60. The summed E-state index contributed by atoms with van der Waals surface area (Å²) in [5, 5.41) is 13.4. The van der Waals surface area contributed by atoms with Gasteiger partial charge in [-0.1, -0.05) is 6.07 Å². The zero-order chi connectivity index (χ0) is 13.9. The molecule has 3 rings (SSSR count). The van der Waals surface area contributed by atoms with Crippen LogP contribution in [0, 0.1) is 5.92 Å². The number of hydrogen-bond donors (Lipinski definition) is 3. The third-order valence-electron chi connectivity index (χ3n) is 3.63. The van der Waals surface area contributed by atoms with E-state index < -0.39 is 0 Å². The van der Waals surface area contributed by atoms with Crippen LogP contribution in [-0.2, 0) is 0 Å². The van der Waals surface area contributed by atoms with Gasteiger partial charge in [-0.2, -0.15) is 9.97 Å². The average Bonchev–Trinajstić information content (AvgIpc) is 2.45. The van der Waals surface area contributed by atoms with Crippen LogP contribution in [0.5, 0.6) is 11.8 Å². The topological polar surface area (TPSA) is 93.3 Å². The van der Waals surface area contributed by atoms with Crippen LogP contribution in [-0.4, -0.2) is 34.8 Å². The van der Waals surface area contributed by atoms with E-state index in [2.05, 4.69) is 15.3 Å². The molecule has 6 heteroatoms. The van der Waals surface area contributed by atoms with E-state index in [0.717, 1.165) is 25.9 Å². The zero-order valence-electron chi connectivity index (χ0n) is 11.2. The first-order chi connectivity index (χ1) is 9.74. The Morgan fingerprint density at radius 1 is 1.30 bits per heavy atom. The van der Waals surface area contributed by atoms with Crippen LogP contribution in [0.3, 0.4) is 0 Å². The summed E-state index contributed by atoms with van der Waals surface area (Å²) in [6.45, 7) is 2.76. The van der Waals surface area contributed by atoms with Crippen molar-refractivity contribution in [3.05, 3.63) is 18.2 Å². The summed E-state index contributed by atoms with van der Waals surface area (Å²) in [4.78, 5) is 7.76. The predicted octanol–water partition coefficient (Wildman–Crippen LogP) is 1.30. The van der Waals surface area contributed by atoms with Gasteiger partial charge in [0.15, 0.2) is 0 Å². The highest BCUT2D eigenvalue weighted by molar-refractivity contribution is 5.93. The molecule has 20 heavy (non-hydrogen) atoms. The van der Waals surface area contributed by atoms with Gasteiger partial charge in [0.25, 0.3) is 0 Å². The van der Waals surface area contributed by atoms with Crippen LogP contribution in [0.15, 0.2) is 18.2 Å². The lowest BCUT2D eigenvalue weighted by molar-refractivity contribution is 0.217. The number of nitrogen functional groups attached to an aromatic ring is 1. The van der Waals surface area contributed by atoms with E-state index in [0.29, 0.717) is 29.2 Å². The molecule has 0 saturated carbocycles. The van der Waals surface area contributed by atoms with Crippen LogP contribution in [0.4, 0.5) is 5.82 Å². The predicted molar refractivity (Wildman–Crippen MR) is 76.7 cm³/mol. The molecule has 4 N–H and O–H groups in total. The lowest BCUT2D eigenvalue weighted by Crippen LogP contribution is -2.30. The fourth-order valence-corrected chi connectivity index (χ4v) is 2.54. The zero-order valence-corrected chi connectivity index (χ0v) is 11.2. The van der Waals surface area contributed by atoms with E-state index in [1.165, 1.54) is 0 Å². The number of anilines is 1. The van der Waals surface area contributed by atoms with Gasteiger partial charge >= 0.3 is 6.01 Å². The maximum atomic E-state index is 9.39. The molecular weight excluding hydrogens is 256 g/mol. The molecule has 106 valence electrons. The van der Waals surface area contributed by atoms with Gasteiger partial charge in [-0.25, -0.2) is 0 Å². The Kier molecular flexibility index (Phi) is 3.56. The summed E-state index contributed by atoms with van der Waals surface area (Å²) in [6, 6.07) is 5.17. The standard InChI is InChI=1S/C14H18N4O2/c15-13-12-10(17-14(19)18-13)2-1-3-11(12)20-8-9-4-6-16-7-5-9/h1-3,9,16H,4-8H2,(H3,15,17,18,19). The average molecular weight is 274 g/mol. The summed E-state index contributed by atoms with van der Waals surface area (Å²) >= 11 is 0. The van der Waals surface area contributed by atoms with E-state index >= 15 is 0 Å². The second-order valence-electron chi connectivity index (χ2n) is 5.06. The summed E-state index contributed by atoms with van der Waals surface area (Å²) in [5.41, 5.74) is 6.46. The van der Waals surface area contributed by atoms with Crippen molar-refractivity contribution >= 4 is 16.7 Å². The van der Waals surface area contributed by atoms with Crippen molar-refractivity contribution in [1.82, 2.24) is 15.3 Å². The first-order valence-electron chi connectivity index (χ1n) is 6.83. The van der Waals surface area contributed by atoms with Crippen LogP contribution in [0.2, 0.25) is 0 Å². The fourth-order valence-electron chi connectivity index (χ4n) is 2.54. The molecule has 0 spiro atoms. The summed E-state index contributed by atoms with van der Waals surface area (Å²) in [6.07, 6.45) is 2.25. The van der Waals surface area contributed by atoms with Crippen LogP contribution >= 0.6 is 0 Å². The molecule has 1 aliphatic rings. The maximum Gasteiger partial charge on any atom is 0.316 e. The van der Waals surface area contributed by atoms with Crippen molar-refractivity contribution in [2.75, 3.05) is 25.4 Å². The third-order valence-corrected chi connectivity index (χ3v) is 3.63. The molecule has 1 aromatic heterocycles. The lowest BCUT2D eigenvalue weighted by Gasteiger charge is -2.23. The summed E-state index contributed by atoms with van der Waals surface area (Å²) < 4.78 is 5.91. The monoisotopic (exact) mass is 274 g/mol. The molecule has 1 saturated heterocycles. The van der Waals surface area contributed by atoms with E-state index in [4.69, 9.17) is 10.5 Å². The van der Waals surface area contributed by atoms with Crippen LogP contribution in [0.25, 0.3) is 10.9 Å². The molecule has 1 aromatic carbocycles. The molecule has 1 aliphatic heterocycles. The van der Waals surface area contributed by atoms with Crippen molar-refractivity contribution < 1.29 is 9.84 Å². The molecule has 0 bridgehead atoms. The minimum absolute atomic E-state index is 0.244. The van der Waals surface area contributed by atoms with Gasteiger partial charge in [-0.3, -0.25) is 0 Å². The number of hydrogen-bond acceptors (Lipinski definition) is 6. The highest BCUT2D eigenvalue weighted by Crippen LogP contribution is 2.30. The minimum atomic E-state index is -0.314. The molecule has 2 aromatic rings. The Hall–Kier alpha value is -2.08. The SMILES string of the molecule is Nc1nc(O)nc2cccc(OCC3CCNCC3)c12. The molecule has 1 fully saturated rings. The van der Waals surface area contributed by atoms with E-state index in [9.17, 15) is 5.11 Å². The van der Waals surface area contributed by atoms with Gasteiger partial charge in [-0.15, -0.1) is 0 Å². The number of aromatic nitrogens is 2. The van der Waals surface area contributed by atoms with Crippen molar-refractivity contribution in [3.63, 3.8) is 0 Å². The molecular formula is C14H18N4O2. The number of nitrogens with two attached hydrogens (primary N) is 1. The summed E-state index contributed by atoms with van der Waals surface area (Å²) in [5.74, 6) is 1.48. The van der Waals surface area contributed by atoms with Crippen molar-refractivity contribution in [1.29, 1.82) is 0 Å². The fraction of sp³-hybridized carbons (Fsp3) is 0.429. The van der Waals surface area contributed by atoms with Gasteiger partial charge in [-0.05, 0) is 44.0 Å². The molecule has 0 atom stereocenters. The van der Waals surface area contributed by atoms with Gasteiger partial charge in [0.1, 0.15) is 11.6 Å². The second kappa shape index (κ2) is 5.50. The number of aromatic hydroxyl groups is 1. The Morgan fingerprint density at radius 2 is 2.10 bits per heavy atom. The molecule has 0 radical (unpaired) electrons. The second-order valence-corrected chi connectivity index (χ2v) is 5.06. The van der Waals surface area contributed by atoms with Gasteiger partial charge in [0, 0.05) is 0 Å². The van der Waals surface area contributed by atoms with E-state index in [1.807, 2.05) is 12.1 Å². The lowest BCUT2D eigenvalue weighted by atomic mass is 9.99. The van der Waals surface area contributed by atoms with Gasteiger partial charge in [0.2, 0.25) is 0 Å². The molecule has 0 unspecified atom stereocenters. The van der Waals surface area contributed by atoms with Crippen molar-refractivity contribution in [3.8, 4) is 11.8 Å².